The van der Waals surface area contributed by atoms with E-state index in [1.54, 1.807) is 45.0 Å². The summed E-state index contributed by atoms with van der Waals surface area (Å²) in [5.41, 5.74) is 5.92. The van der Waals surface area contributed by atoms with Crippen LogP contribution in [0.3, 0.4) is 0 Å². The van der Waals surface area contributed by atoms with Crippen LogP contribution in [0.1, 0.15) is 39.0 Å². The summed E-state index contributed by atoms with van der Waals surface area (Å²) in [5.74, 6) is 1.42. The van der Waals surface area contributed by atoms with E-state index in [2.05, 4.69) is 35.5 Å². The highest BCUT2D eigenvalue weighted by Gasteiger charge is 2.20. The largest absolute Gasteiger partial charge is 0.458 e. The van der Waals surface area contributed by atoms with Gasteiger partial charge in [0.25, 0.3) is 6.33 Å². The Labute approximate surface area is 320 Å². The number of thiophene rings is 1. The Morgan fingerprint density at radius 2 is 1.40 bits per heavy atom. The SMILES string of the molecule is [2H]c1c([2H])c([2H])c(-c2cccc(-c3c([2H])c([2H])c([2H])c([2H])c3[2H])c2-[n+]2[c-]n(-c3cccc(Oc4cccc(-c5ncnc6c(C(C)C)csc56)c4)c3)c3ccccc32)c([2H])c1[2H]. The van der Waals surface area contributed by atoms with Crippen LogP contribution in [0, 0.1) is 6.33 Å². The second-order valence-corrected chi connectivity index (χ2v) is 13.2. The van der Waals surface area contributed by atoms with E-state index in [0.29, 0.717) is 34.1 Å². The van der Waals surface area contributed by atoms with Crippen LogP contribution in [0.2, 0.25) is 0 Å². The van der Waals surface area contributed by atoms with E-state index in [1.807, 2.05) is 72.8 Å². The molecule has 0 aliphatic heterocycles. The first-order valence-corrected chi connectivity index (χ1v) is 17.5. The van der Waals surface area contributed by atoms with Crippen LogP contribution in [-0.4, -0.2) is 14.5 Å². The minimum Gasteiger partial charge on any atom is -0.458 e. The molecule has 0 radical (unpaired) electrons. The molecule has 0 atom stereocenters. The highest BCUT2D eigenvalue weighted by atomic mass is 32.1. The quantitative estimate of drug-likeness (QED) is 0.117. The van der Waals surface area contributed by atoms with Gasteiger partial charge in [-0.1, -0.05) is 135 Å². The number of imidazole rings is 1. The van der Waals surface area contributed by atoms with Crippen LogP contribution in [0.15, 0.2) is 163 Å². The average Bonchev–Trinajstić information content (AvgIpc) is 3.90. The van der Waals surface area contributed by atoms with Crippen molar-refractivity contribution in [3.8, 4) is 56.4 Å². The third-order valence-corrected chi connectivity index (χ3v) is 9.78. The van der Waals surface area contributed by atoms with Crippen molar-refractivity contribution in [1.29, 1.82) is 0 Å². The molecule has 250 valence electrons. The third kappa shape index (κ3) is 5.73. The van der Waals surface area contributed by atoms with Crippen LogP contribution >= 0.6 is 11.3 Å². The fourth-order valence-electron chi connectivity index (χ4n) is 6.39. The molecule has 0 fully saturated rings. The summed E-state index contributed by atoms with van der Waals surface area (Å²) in [7, 11) is 0. The van der Waals surface area contributed by atoms with Crippen molar-refractivity contribution < 1.29 is 23.0 Å². The number of rotatable bonds is 8. The van der Waals surface area contributed by atoms with Gasteiger partial charge in [0, 0.05) is 5.56 Å². The number of hydrogen-bond acceptors (Lipinski definition) is 4. The minimum atomic E-state index is -0.564. The van der Waals surface area contributed by atoms with Crippen molar-refractivity contribution in [2.45, 2.75) is 19.8 Å². The number of ether oxygens (including phenoxy) is 1. The Kier molecular flexibility index (Phi) is 5.78. The lowest BCUT2D eigenvalue weighted by Crippen LogP contribution is -2.31. The Balaban J connectivity index is 1.21. The van der Waals surface area contributed by atoms with E-state index in [-0.39, 0.29) is 27.9 Å². The molecule has 0 bridgehead atoms. The topological polar surface area (TPSA) is 43.8 Å². The highest BCUT2D eigenvalue weighted by molar-refractivity contribution is 7.17. The first kappa shape index (κ1) is 22.4. The smallest absolute Gasteiger partial charge is 0.269 e. The number of para-hydroxylation sites is 3. The van der Waals surface area contributed by atoms with Gasteiger partial charge >= 0.3 is 0 Å². The number of benzene rings is 6. The van der Waals surface area contributed by atoms with Crippen molar-refractivity contribution in [2.75, 3.05) is 0 Å². The molecule has 0 N–H and O–H groups in total. The Hall–Kier alpha value is -6.37. The monoisotopic (exact) mass is 700 g/mol. The van der Waals surface area contributed by atoms with Gasteiger partial charge in [-0.2, -0.15) is 0 Å². The first-order chi connectivity index (χ1) is 29.8. The van der Waals surface area contributed by atoms with Gasteiger partial charge in [0.1, 0.15) is 17.8 Å². The molecule has 5 nitrogen and oxygen atoms in total. The molecule has 0 aliphatic carbocycles. The second-order valence-electron chi connectivity index (χ2n) is 12.3. The van der Waals surface area contributed by atoms with Crippen LogP contribution in [0.4, 0.5) is 0 Å². The number of hydrogen-bond donors (Lipinski definition) is 0. The van der Waals surface area contributed by atoms with E-state index in [1.165, 1.54) is 5.56 Å². The molecule has 9 aromatic rings. The number of nitrogens with zero attached hydrogens (tertiary/aromatic N) is 4. The Morgan fingerprint density at radius 3 is 2.13 bits per heavy atom. The van der Waals surface area contributed by atoms with Gasteiger partial charge in [0.2, 0.25) is 0 Å². The van der Waals surface area contributed by atoms with E-state index < -0.39 is 60.4 Å². The maximum atomic E-state index is 8.94. The first-order valence-electron chi connectivity index (χ1n) is 21.6. The predicted octanol–water partition coefficient (Wildman–Crippen LogP) is 11.6. The van der Waals surface area contributed by atoms with Crippen LogP contribution in [0.5, 0.6) is 11.5 Å². The Bertz CT molecular complexity index is 3150. The fraction of sp³-hybridized carbons (Fsp3) is 0.0652. The summed E-state index contributed by atoms with van der Waals surface area (Å²) in [6.07, 6.45) is 5.00. The van der Waals surface area contributed by atoms with Gasteiger partial charge in [-0.15, -0.1) is 11.3 Å². The van der Waals surface area contributed by atoms with E-state index in [9.17, 15) is 0 Å². The highest BCUT2D eigenvalue weighted by Crippen LogP contribution is 2.38. The zero-order chi connectivity index (χ0) is 43.7. The molecule has 0 unspecified atom stereocenters. The molecule has 6 heteroatoms. The lowest BCUT2D eigenvalue weighted by Gasteiger charge is -2.17. The van der Waals surface area contributed by atoms with Crippen molar-refractivity contribution in [3.63, 3.8) is 0 Å². The predicted molar refractivity (Wildman–Crippen MR) is 212 cm³/mol. The Morgan fingerprint density at radius 1 is 0.731 bits per heavy atom. The maximum absolute atomic E-state index is 8.94. The summed E-state index contributed by atoms with van der Waals surface area (Å²) >= 11 is 1.62. The van der Waals surface area contributed by atoms with Crippen LogP contribution in [-0.2, 0) is 0 Å². The zero-order valence-electron chi connectivity index (χ0n) is 38.0. The van der Waals surface area contributed by atoms with Gasteiger partial charge in [-0.3, -0.25) is 9.13 Å². The minimum absolute atomic E-state index is 0.127. The molecular formula is C46H34N4OS. The molecule has 9 rings (SSSR count). The summed E-state index contributed by atoms with van der Waals surface area (Å²) in [6, 6.07) is 22.0. The molecule has 3 heterocycles. The van der Waals surface area contributed by atoms with Gasteiger partial charge in [-0.25, -0.2) is 9.97 Å². The van der Waals surface area contributed by atoms with Crippen molar-refractivity contribution >= 4 is 32.6 Å². The molecule has 0 saturated carbocycles. The van der Waals surface area contributed by atoms with Crippen molar-refractivity contribution in [1.82, 2.24) is 14.5 Å². The van der Waals surface area contributed by atoms with Gasteiger partial charge in [0.05, 0.1) is 52.0 Å². The fourth-order valence-corrected chi connectivity index (χ4v) is 7.58. The molecule has 6 aromatic carbocycles. The summed E-state index contributed by atoms with van der Waals surface area (Å²) < 4.78 is 97.2. The third-order valence-electron chi connectivity index (χ3n) is 8.78. The van der Waals surface area contributed by atoms with Gasteiger partial charge in [-0.05, 0) is 69.4 Å². The number of fused-ring (bicyclic) bond motifs is 2. The summed E-state index contributed by atoms with van der Waals surface area (Å²) in [6.45, 7) is 4.29. The van der Waals surface area contributed by atoms with Crippen LogP contribution < -0.4 is 9.30 Å². The molecule has 0 aliphatic rings. The standard InChI is InChI=1S/C46H34N4OS/c1-31(2)40-28-52-46-43(47-29-48-44(40)46)34-18-11-20-36(26-34)51-37-21-12-19-35(27-37)49-30-50(42-25-10-9-24-41(42)49)45-38(32-14-5-3-6-15-32)22-13-23-39(45)33-16-7-4-8-17-33/h3-29,31H,1-2H3/i3D,4D,5D,6D,7D,8D,14D,15D,16D,17D. The average molecular weight is 701 g/mol. The van der Waals surface area contributed by atoms with Gasteiger partial charge in [0.15, 0.2) is 0 Å². The molecule has 0 amide bonds. The summed E-state index contributed by atoms with van der Waals surface area (Å²) in [4.78, 5) is 9.22. The summed E-state index contributed by atoms with van der Waals surface area (Å²) in [5, 5.41) is 2.13. The van der Waals surface area contributed by atoms with Crippen LogP contribution in [0.25, 0.3) is 66.1 Å². The zero-order valence-corrected chi connectivity index (χ0v) is 28.8. The molecule has 3 aromatic heterocycles. The van der Waals surface area contributed by atoms with E-state index >= 15 is 0 Å². The van der Waals surface area contributed by atoms with Crippen molar-refractivity contribution in [3.05, 3.63) is 175 Å². The lowest BCUT2D eigenvalue weighted by molar-refractivity contribution is -0.571. The maximum Gasteiger partial charge on any atom is 0.269 e. The number of aromatic nitrogens is 4. The molecule has 0 spiro atoms. The second kappa shape index (κ2) is 13.4. The van der Waals surface area contributed by atoms with E-state index in [0.717, 1.165) is 21.5 Å². The van der Waals surface area contributed by atoms with E-state index in [4.69, 9.17) is 18.4 Å². The molecular weight excluding hydrogens is 657 g/mol. The molecule has 52 heavy (non-hydrogen) atoms. The molecule has 0 saturated heterocycles. The van der Waals surface area contributed by atoms with Crippen molar-refractivity contribution in [2.24, 2.45) is 0 Å². The van der Waals surface area contributed by atoms with Gasteiger partial charge < -0.3 is 4.74 Å². The normalized spacial score (nSPS) is 14.1. The lowest BCUT2D eigenvalue weighted by atomic mass is 9.95.